The molecule has 0 aliphatic heterocycles. The van der Waals surface area contributed by atoms with Crippen molar-refractivity contribution in [2.24, 2.45) is 0 Å². The standard InChI is InChI=1S/C57H109N2O7P/c1-7-10-13-16-19-22-25-27-29-31-34-37-40-43-46-49-56(60)58-54(53-65-67(62,63)64-52-51-59(4,5)6)55(48-45-42-39-36-33-24-21-18-15-12-9-3)66-57(61)50-47-44-41-38-35-32-30-28-26-23-20-17-14-11-8-2/h22-23,25-26,45,48,54-55H,7-21,24,27-44,46-47,49-53H2,1-6H3,(H-,58,60,62,63)/b25-22-,26-23-,48-45+. The lowest BCUT2D eigenvalue weighted by Crippen LogP contribution is -2.47. The molecule has 0 aliphatic rings. The Labute approximate surface area is 415 Å². The number of esters is 1. The zero-order valence-corrected chi connectivity index (χ0v) is 45.8. The SMILES string of the molecule is CCCCCC/C=C\CCCCCCCCCC(=O)NC(COP(=O)([O-])OCC[N+](C)(C)C)C(/C=C/CCCCCCCCCCC)OC(=O)CCCCCCCCC/C=C\CCCCCC. The molecule has 0 heterocycles. The minimum absolute atomic E-state index is 0.0226. The first-order valence-electron chi connectivity index (χ1n) is 28.3. The zero-order valence-electron chi connectivity index (χ0n) is 44.9. The van der Waals surface area contributed by atoms with Crippen LogP contribution in [0.4, 0.5) is 0 Å². The van der Waals surface area contributed by atoms with Crippen LogP contribution in [-0.4, -0.2) is 69.4 Å². The van der Waals surface area contributed by atoms with Crippen molar-refractivity contribution in [2.45, 2.75) is 277 Å². The summed E-state index contributed by atoms with van der Waals surface area (Å²) in [5.74, 6) is -0.546. The fourth-order valence-corrected chi connectivity index (χ4v) is 8.82. The molecule has 0 aromatic rings. The Morgan fingerprint density at radius 3 is 1.28 bits per heavy atom. The lowest BCUT2D eigenvalue weighted by molar-refractivity contribution is -0.870. The van der Waals surface area contributed by atoms with Crippen LogP contribution in [-0.2, 0) is 27.9 Å². The van der Waals surface area contributed by atoms with Crippen LogP contribution < -0.4 is 10.2 Å². The molecule has 10 heteroatoms. The molecule has 0 saturated carbocycles. The maximum atomic E-state index is 13.5. The van der Waals surface area contributed by atoms with E-state index < -0.39 is 20.0 Å². The number of rotatable bonds is 51. The van der Waals surface area contributed by atoms with Crippen LogP contribution >= 0.6 is 7.82 Å². The molecule has 0 aromatic heterocycles. The number of likely N-dealkylation sites (N-methyl/N-ethyl adjacent to an activating group) is 1. The molecule has 67 heavy (non-hydrogen) atoms. The van der Waals surface area contributed by atoms with Gasteiger partial charge in [0.2, 0.25) is 5.91 Å². The van der Waals surface area contributed by atoms with Crippen LogP contribution in [0.25, 0.3) is 0 Å². The number of nitrogens with zero attached hydrogens (tertiary/aromatic N) is 1. The molecule has 0 saturated heterocycles. The van der Waals surface area contributed by atoms with Gasteiger partial charge in [-0.25, -0.2) is 0 Å². The van der Waals surface area contributed by atoms with Crippen molar-refractivity contribution in [3.63, 3.8) is 0 Å². The molecule has 1 N–H and O–H groups in total. The van der Waals surface area contributed by atoms with E-state index in [-0.39, 0.29) is 31.5 Å². The maximum absolute atomic E-state index is 13.5. The van der Waals surface area contributed by atoms with Crippen LogP contribution in [0, 0.1) is 0 Å². The smallest absolute Gasteiger partial charge is 0.306 e. The fourth-order valence-electron chi connectivity index (χ4n) is 8.10. The number of quaternary nitrogens is 1. The van der Waals surface area contributed by atoms with Gasteiger partial charge < -0.3 is 28.5 Å². The molecule has 0 aliphatic carbocycles. The molecular formula is C57H109N2O7P. The van der Waals surface area contributed by atoms with Crippen LogP contribution in [0.2, 0.25) is 0 Å². The lowest BCUT2D eigenvalue weighted by atomic mass is 10.1. The van der Waals surface area contributed by atoms with Crippen molar-refractivity contribution in [3.05, 3.63) is 36.5 Å². The van der Waals surface area contributed by atoms with Crippen molar-refractivity contribution in [1.29, 1.82) is 0 Å². The second kappa shape index (κ2) is 47.9. The molecule has 3 atom stereocenters. The summed E-state index contributed by atoms with van der Waals surface area (Å²) in [5.41, 5.74) is 0. The molecule has 0 aromatic carbocycles. The van der Waals surface area contributed by atoms with Gasteiger partial charge in [-0.05, 0) is 83.1 Å². The molecule has 394 valence electrons. The first-order chi connectivity index (χ1) is 32.4. The maximum Gasteiger partial charge on any atom is 0.306 e. The fraction of sp³-hybridized carbons (Fsp3) is 0.860. The summed E-state index contributed by atoms with van der Waals surface area (Å²) < 4.78 is 30.2. The Morgan fingerprint density at radius 1 is 0.507 bits per heavy atom. The van der Waals surface area contributed by atoms with Gasteiger partial charge in [0.1, 0.15) is 19.3 Å². The van der Waals surface area contributed by atoms with E-state index in [1.54, 1.807) is 0 Å². The summed E-state index contributed by atoms with van der Waals surface area (Å²) in [5, 5.41) is 3.02. The summed E-state index contributed by atoms with van der Waals surface area (Å²) in [6.45, 7) is 6.81. The van der Waals surface area contributed by atoms with Crippen molar-refractivity contribution < 1.29 is 37.3 Å². The van der Waals surface area contributed by atoms with Gasteiger partial charge in [0.15, 0.2) is 0 Å². The van der Waals surface area contributed by atoms with Crippen molar-refractivity contribution >= 4 is 19.7 Å². The summed E-state index contributed by atoms with van der Waals surface area (Å²) in [6, 6.07) is -0.888. The molecule has 0 radical (unpaired) electrons. The Morgan fingerprint density at radius 2 is 0.866 bits per heavy atom. The van der Waals surface area contributed by atoms with E-state index in [1.807, 2.05) is 33.3 Å². The number of amides is 1. The van der Waals surface area contributed by atoms with Gasteiger partial charge >= 0.3 is 5.97 Å². The van der Waals surface area contributed by atoms with Crippen LogP contribution in [0.15, 0.2) is 36.5 Å². The third-order valence-electron chi connectivity index (χ3n) is 12.5. The predicted molar refractivity (Wildman–Crippen MR) is 284 cm³/mol. The number of nitrogens with one attached hydrogen (secondary N) is 1. The molecular weight excluding hydrogens is 856 g/mol. The first kappa shape index (κ1) is 65.2. The van der Waals surface area contributed by atoms with Crippen LogP contribution in [0.1, 0.15) is 265 Å². The van der Waals surface area contributed by atoms with E-state index in [0.29, 0.717) is 17.4 Å². The van der Waals surface area contributed by atoms with E-state index in [4.69, 9.17) is 13.8 Å². The third-order valence-corrected chi connectivity index (χ3v) is 13.5. The molecule has 0 spiro atoms. The molecule has 0 rings (SSSR count). The van der Waals surface area contributed by atoms with Crippen molar-refractivity contribution in [1.82, 2.24) is 5.32 Å². The summed E-state index contributed by atoms with van der Waals surface area (Å²) in [4.78, 5) is 39.8. The zero-order chi connectivity index (χ0) is 49.4. The summed E-state index contributed by atoms with van der Waals surface area (Å²) in [7, 11) is 1.18. The number of ether oxygens (including phenoxy) is 1. The van der Waals surface area contributed by atoms with Gasteiger partial charge in [-0.15, -0.1) is 0 Å². The summed E-state index contributed by atoms with van der Waals surface area (Å²) in [6.07, 6.45) is 55.3. The van der Waals surface area contributed by atoms with E-state index in [9.17, 15) is 19.0 Å². The first-order valence-corrected chi connectivity index (χ1v) is 29.8. The van der Waals surface area contributed by atoms with Gasteiger partial charge in [-0.2, -0.15) is 0 Å². The van der Waals surface area contributed by atoms with Crippen molar-refractivity contribution in [3.8, 4) is 0 Å². The number of phosphoric acid groups is 1. The highest BCUT2D eigenvalue weighted by Gasteiger charge is 2.27. The van der Waals surface area contributed by atoms with Gasteiger partial charge in [-0.3, -0.25) is 14.2 Å². The Hall–Kier alpha value is -1.77. The highest BCUT2D eigenvalue weighted by Crippen LogP contribution is 2.38. The second-order valence-corrected chi connectivity index (χ2v) is 21.8. The highest BCUT2D eigenvalue weighted by molar-refractivity contribution is 7.45. The van der Waals surface area contributed by atoms with Gasteiger partial charge in [0, 0.05) is 12.8 Å². The molecule has 1 amide bonds. The third kappa shape index (κ3) is 49.0. The number of phosphoric ester groups is 1. The van der Waals surface area contributed by atoms with Gasteiger partial charge in [0.05, 0.1) is 33.8 Å². The Bertz CT molecular complexity index is 1250. The van der Waals surface area contributed by atoms with Crippen LogP contribution in [0.5, 0.6) is 0 Å². The van der Waals surface area contributed by atoms with Crippen LogP contribution in [0.3, 0.4) is 0 Å². The number of hydrogen-bond acceptors (Lipinski definition) is 7. The molecule has 0 fully saturated rings. The molecule has 9 nitrogen and oxygen atoms in total. The Balaban J connectivity index is 5.34. The van der Waals surface area contributed by atoms with Gasteiger partial charge in [-0.1, -0.05) is 205 Å². The van der Waals surface area contributed by atoms with Crippen molar-refractivity contribution in [2.75, 3.05) is 40.9 Å². The number of allylic oxidation sites excluding steroid dienone is 5. The monoisotopic (exact) mass is 965 g/mol. The minimum atomic E-state index is -4.69. The van der Waals surface area contributed by atoms with E-state index in [1.165, 1.54) is 148 Å². The van der Waals surface area contributed by atoms with E-state index in [2.05, 4.69) is 50.4 Å². The lowest BCUT2D eigenvalue weighted by Gasteiger charge is -2.30. The minimum Gasteiger partial charge on any atom is -0.756 e. The quantitative estimate of drug-likeness (QED) is 0.0212. The number of carbonyl (C=O) groups excluding carboxylic acids is 2. The number of hydrogen-bond donors (Lipinski definition) is 1. The van der Waals surface area contributed by atoms with Gasteiger partial charge in [0.25, 0.3) is 7.82 Å². The molecule has 3 unspecified atom stereocenters. The largest absolute Gasteiger partial charge is 0.756 e. The molecule has 0 bridgehead atoms. The Kier molecular flexibility index (Phi) is 46.6. The topological polar surface area (TPSA) is 114 Å². The summed E-state index contributed by atoms with van der Waals surface area (Å²) >= 11 is 0. The average molecular weight is 965 g/mol. The van der Waals surface area contributed by atoms with E-state index >= 15 is 0 Å². The second-order valence-electron chi connectivity index (χ2n) is 20.4. The number of unbranched alkanes of at least 4 members (excludes halogenated alkanes) is 31. The average Bonchev–Trinajstić information content (AvgIpc) is 3.28. The number of carbonyl (C=O) groups is 2. The van der Waals surface area contributed by atoms with E-state index in [0.717, 1.165) is 83.5 Å². The highest BCUT2D eigenvalue weighted by atomic mass is 31.2. The predicted octanol–water partition coefficient (Wildman–Crippen LogP) is 16.1. The normalized spacial score (nSPS) is 14.1.